The van der Waals surface area contributed by atoms with Crippen LogP contribution in [-0.4, -0.2) is 21.2 Å². The number of phenols is 1. The van der Waals surface area contributed by atoms with E-state index in [0.717, 1.165) is 12.1 Å². The van der Waals surface area contributed by atoms with E-state index in [2.05, 4.69) is 4.98 Å². The zero-order chi connectivity index (χ0) is 13.3. The maximum atomic E-state index is 13.2. The predicted octanol–water partition coefficient (Wildman–Crippen LogP) is 1.87. The van der Waals surface area contributed by atoms with E-state index in [1.165, 1.54) is 18.2 Å². The molecule has 18 heavy (non-hydrogen) atoms. The number of halogens is 1. The SMILES string of the molecule is Nc1ccc(-c2cc(O)cc(F)c2)c(C(=O)O)n1. The summed E-state index contributed by atoms with van der Waals surface area (Å²) in [6.45, 7) is 0. The van der Waals surface area contributed by atoms with Crippen molar-refractivity contribution in [2.24, 2.45) is 0 Å². The molecule has 6 heteroatoms. The third-order valence-electron chi connectivity index (χ3n) is 2.31. The molecule has 0 unspecified atom stereocenters. The van der Waals surface area contributed by atoms with Crippen LogP contribution in [0.2, 0.25) is 0 Å². The summed E-state index contributed by atoms with van der Waals surface area (Å²) in [4.78, 5) is 14.7. The maximum absolute atomic E-state index is 13.2. The van der Waals surface area contributed by atoms with Gasteiger partial charge in [-0.2, -0.15) is 0 Å². The van der Waals surface area contributed by atoms with E-state index in [-0.39, 0.29) is 28.4 Å². The molecule has 0 fully saturated rings. The smallest absolute Gasteiger partial charge is 0.355 e. The zero-order valence-electron chi connectivity index (χ0n) is 9.09. The van der Waals surface area contributed by atoms with Gasteiger partial charge in [-0.3, -0.25) is 0 Å². The number of nitrogen functional groups attached to an aromatic ring is 1. The molecule has 0 aliphatic rings. The number of anilines is 1. The number of aromatic carboxylic acids is 1. The summed E-state index contributed by atoms with van der Waals surface area (Å²) in [5.74, 6) is -2.19. The van der Waals surface area contributed by atoms with Gasteiger partial charge in [-0.25, -0.2) is 14.2 Å². The highest BCUT2D eigenvalue weighted by Gasteiger charge is 2.15. The number of phenolic OH excluding ortho intramolecular Hbond substituents is 1. The number of carbonyl (C=O) groups is 1. The minimum Gasteiger partial charge on any atom is -0.508 e. The van der Waals surface area contributed by atoms with Crippen LogP contribution in [0.4, 0.5) is 10.2 Å². The number of nitrogens with zero attached hydrogens (tertiary/aromatic N) is 1. The number of carboxylic acid groups (broad SMARTS) is 1. The lowest BCUT2D eigenvalue weighted by molar-refractivity contribution is 0.0691. The minimum atomic E-state index is -1.28. The molecule has 0 spiro atoms. The summed E-state index contributed by atoms with van der Waals surface area (Å²) in [6, 6.07) is 6.11. The molecule has 1 aromatic carbocycles. The Bertz CT molecular complexity index is 608. The molecule has 1 aromatic heterocycles. The van der Waals surface area contributed by atoms with Crippen molar-refractivity contribution in [2.75, 3.05) is 5.73 Å². The second kappa shape index (κ2) is 4.33. The van der Waals surface area contributed by atoms with Crippen LogP contribution in [-0.2, 0) is 0 Å². The number of aromatic hydroxyl groups is 1. The van der Waals surface area contributed by atoms with Crippen molar-refractivity contribution in [1.82, 2.24) is 4.98 Å². The summed E-state index contributed by atoms with van der Waals surface area (Å²) in [7, 11) is 0. The van der Waals surface area contributed by atoms with E-state index in [9.17, 15) is 14.3 Å². The van der Waals surface area contributed by atoms with Gasteiger partial charge in [-0.15, -0.1) is 0 Å². The Morgan fingerprint density at radius 3 is 2.61 bits per heavy atom. The number of rotatable bonds is 2. The lowest BCUT2D eigenvalue weighted by Gasteiger charge is -2.07. The Hall–Kier alpha value is -2.63. The fourth-order valence-electron chi connectivity index (χ4n) is 1.60. The van der Waals surface area contributed by atoms with Crippen LogP contribution >= 0.6 is 0 Å². The van der Waals surface area contributed by atoms with Gasteiger partial charge in [0.05, 0.1) is 0 Å². The molecule has 0 amide bonds. The van der Waals surface area contributed by atoms with Gasteiger partial charge in [0.1, 0.15) is 17.4 Å². The third-order valence-corrected chi connectivity index (χ3v) is 2.31. The molecule has 2 aromatic rings. The molecule has 0 saturated carbocycles. The summed E-state index contributed by atoms with van der Waals surface area (Å²) in [6.07, 6.45) is 0. The van der Waals surface area contributed by atoms with Crippen LogP contribution in [0.1, 0.15) is 10.5 Å². The molecular weight excluding hydrogens is 239 g/mol. The fourth-order valence-corrected chi connectivity index (χ4v) is 1.60. The van der Waals surface area contributed by atoms with Gasteiger partial charge in [0.15, 0.2) is 5.69 Å². The summed E-state index contributed by atoms with van der Waals surface area (Å²) >= 11 is 0. The van der Waals surface area contributed by atoms with Gasteiger partial charge < -0.3 is 15.9 Å². The van der Waals surface area contributed by atoms with Crippen LogP contribution in [0.25, 0.3) is 11.1 Å². The zero-order valence-corrected chi connectivity index (χ0v) is 9.09. The van der Waals surface area contributed by atoms with E-state index >= 15 is 0 Å². The molecule has 92 valence electrons. The monoisotopic (exact) mass is 248 g/mol. The van der Waals surface area contributed by atoms with Crippen LogP contribution in [0.5, 0.6) is 5.75 Å². The molecule has 0 atom stereocenters. The molecule has 1 heterocycles. The van der Waals surface area contributed by atoms with Crippen molar-refractivity contribution < 1.29 is 19.4 Å². The highest BCUT2D eigenvalue weighted by atomic mass is 19.1. The van der Waals surface area contributed by atoms with Crippen LogP contribution in [0.15, 0.2) is 30.3 Å². The lowest BCUT2D eigenvalue weighted by Crippen LogP contribution is -2.05. The number of pyridine rings is 1. The van der Waals surface area contributed by atoms with Crippen LogP contribution < -0.4 is 5.73 Å². The molecule has 2 rings (SSSR count). The van der Waals surface area contributed by atoms with E-state index < -0.39 is 11.8 Å². The first-order chi connectivity index (χ1) is 8.47. The van der Waals surface area contributed by atoms with Gasteiger partial charge in [0.2, 0.25) is 0 Å². The topological polar surface area (TPSA) is 96.4 Å². The summed E-state index contributed by atoms with van der Waals surface area (Å²) in [5.41, 5.74) is 5.52. The molecule has 0 radical (unpaired) electrons. The number of benzene rings is 1. The van der Waals surface area contributed by atoms with Gasteiger partial charge in [0, 0.05) is 11.6 Å². The van der Waals surface area contributed by atoms with Crippen molar-refractivity contribution >= 4 is 11.8 Å². The van der Waals surface area contributed by atoms with Crippen LogP contribution in [0, 0.1) is 5.82 Å². The van der Waals surface area contributed by atoms with Crippen molar-refractivity contribution in [2.45, 2.75) is 0 Å². The Labute approximate surface area is 101 Å². The Balaban J connectivity index is 2.66. The number of carboxylic acids is 1. The molecule has 0 aliphatic heterocycles. The van der Waals surface area contributed by atoms with Gasteiger partial charge in [-0.05, 0) is 29.8 Å². The molecule has 0 saturated heterocycles. The van der Waals surface area contributed by atoms with E-state index in [1.807, 2.05) is 0 Å². The Kier molecular flexibility index (Phi) is 2.85. The van der Waals surface area contributed by atoms with Crippen molar-refractivity contribution in [3.63, 3.8) is 0 Å². The quantitative estimate of drug-likeness (QED) is 0.753. The Morgan fingerprint density at radius 1 is 1.28 bits per heavy atom. The first-order valence-electron chi connectivity index (χ1n) is 4.97. The standard InChI is InChI=1S/C12H9FN2O3/c13-7-3-6(4-8(16)5-7)9-1-2-10(14)15-11(9)12(17)18/h1-5,16H,(H2,14,15)(H,17,18). The number of hydrogen-bond acceptors (Lipinski definition) is 4. The van der Waals surface area contributed by atoms with E-state index in [1.54, 1.807) is 0 Å². The first kappa shape index (κ1) is 11.8. The summed E-state index contributed by atoms with van der Waals surface area (Å²) < 4.78 is 13.2. The van der Waals surface area contributed by atoms with Crippen molar-refractivity contribution in [1.29, 1.82) is 0 Å². The second-order valence-corrected chi connectivity index (χ2v) is 3.64. The minimum absolute atomic E-state index is 0.0526. The lowest BCUT2D eigenvalue weighted by atomic mass is 10.0. The van der Waals surface area contributed by atoms with E-state index in [4.69, 9.17) is 10.8 Å². The average molecular weight is 248 g/mol. The molecule has 4 N–H and O–H groups in total. The van der Waals surface area contributed by atoms with E-state index in [0.29, 0.717) is 0 Å². The van der Waals surface area contributed by atoms with Crippen molar-refractivity contribution in [3.05, 3.63) is 41.8 Å². The third kappa shape index (κ3) is 2.22. The molecule has 5 nitrogen and oxygen atoms in total. The van der Waals surface area contributed by atoms with Gasteiger partial charge in [0.25, 0.3) is 0 Å². The first-order valence-corrected chi connectivity index (χ1v) is 4.97. The number of aromatic nitrogens is 1. The largest absolute Gasteiger partial charge is 0.508 e. The van der Waals surface area contributed by atoms with Gasteiger partial charge >= 0.3 is 5.97 Å². The van der Waals surface area contributed by atoms with Gasteiger partial charge in [-0.1, -0.05) is 0 Å². The highest BCUT2D eigenvalue weighted by Crippen LogP contribution is 2.27. The molecule has 0 aliphatic carbocycles. The fraction of sp³-hybridized carbons (Fsp3) is 0. The molecular formula is C12H9FN2O3. The normalized spacial score (nSPS) is 10.3. The summed E-state index contributed by atoms with van der Waals surface area (Å²) in [5, 5.41) is 18.3. The number of nitrogens with two attached hydrogens (primary N) is 1. The van der Waals surface area contributed by atoms with Crippen LogP contribution in [0.3, 0.4) is 0 Å². The predicted molar refractivity (Wildman–Crippen MR) is 62.7 cm³/mol. The second-order valence-electron chi connectivity index (χ2n) is 3.64. The molecule has 0 bridgehead atoms. The maximum Gasteiger partial charge on any atom is 0.355 e. The average Bonchev–Trinajstić information content (AvgIpc) is 2.27. The highest BCUT2D eigenvalue weighted by molar-refractivity contribution is 5.94. The Morgan fingerprint density at radius 2 is 2.00 bits per heavy atom. The van der Waals surface area contributed by atoms with Crippen molar-refractivity contribution in [3.8, 4) is 16.9 Å². The number of hydrogen-bond donors (Lipinski definition) is 3.